The lowest BCUT2D eigenvalue weighted by atomic mass is 10.1. The fourth-order valence-corrected chi connectivity index (χ4v) is 3.60. The van der Waals surface area contributed by atoms with Gasteiger partial charge in [0.1, 0.15) is 17.8 Å². The van der Waals surface area contributed by atoms with E-state index in [0.29, 0.717) is 0 Å². The van der Waals surface area contributed by atoms with Crippen molar-refractivity contribution in [3.05, 3.63) is 41.7 Å². The summed E-state index contributed by atoms with van der Waals surface area (Å²) in [5, 5.41) is 4.01. The van der Waals surface area contributed by atoms with E-state index in [0.717, 1.165) is 38.7 Å². The molecular formula is C22H25F4N5O4. The van der Waals surface area contributed by atoms with Crippen LogP contribution in [0.15, 0.2) is 30.5 Å². The summed E-state index contributed by atoms with van der Waals surface area (Å²) in [5.74, 6) is -1.71. The fraction of sp³-hybridized carbons (Fsp3) is 0.455. The van der Waals surface area contributed by atoms with Crippen molar-refractivity contribution in [1.82, 2.24) is 14.7 Å². The SMILES string of the molecule is CN(C(=O)C1CC(F)CN1C(=O)OC(C)(C)C)c1cn(-c2ccc(C(F)(F)F)cc2)nc1C(N)=O. The van der Waals surface area contributed by atoms with Crippen molar-refractivity contribution in [1.29, 1.82) is 0 Å². The first-order valence-electron chi connectivity index (χ1n) is 10.6. The number of likely N-dealkylation sites (N-methyl/N-ethyl adjacent to an activating group) is 1. The van der Waals surface area contributed by atoms with Crippen LogP contribution in [0, 0.1) is 0 Å². The van der Waals surface area contributed by atoms with Crippen LogP contribution in [0.2, 0.25) is 0 Å². The van der Waals surface area contributed by atoms with Gasteiger partial charge in [-0.05, 0) is 45.0 Å². The molecule has 35 heavy (non-hydrogen) atoms. The van der Waals surface area contributed by atoms with Crippen LogP contribution < -0.4 is 10.6 Å². The van der Waals surface area contributed by atoms with E-state index in [1.807, 2.05) is 0 Å². The van der Waals surface area contributed by atoms with Gasteiger partial charge in [0, 0.05) is 13.5 Å². The zero-order valence-electron chi connectivity index (χ0n) is 19.5. The second kappa shape index (κ2) is 9.19. The molecule has 0 spiro atoms. The van der Waals surface area contributed by atoms with Gasteiger partial charge in [0.15, 0.2) is 5.69 Å². The molecule has 2 heterocycles. The second-order valence-corrected chi connectivity index (χ2v) is 9.10. The number of ether oxygens (including phenoxy) is 1. The molecule has 13 heteroatoms. The molecule has 2 atom stereocenters. The van der Waals surface area contributed by atoms with Gasteiger partial charge in [0.05, 0.1) is 29.7 Å². The number of alkyl halides is 4. The van der Waals surface area contributed by atoms with E-state index < -0.39 is 47.5 Å². The number of benzene rings is 1. The van der Waals surface area contributed by atoms with Gasteiger partial charge in [-0.25, -0.2) is 13.9 Å². The number of amides is 3. The van der Waals surface area contributed by atoms with Gasteiger partial charge < -0.3 is 15.4 Å². The van der Waals surface area contributed by atoms with E-state index in [4.69, 9.17) is 10.5 Å². The topological polar surface area (TPSA) is 111 Å². The Kier molecular flexibility index (Phi) is 6.82. The monoisotopic (exact) mass is 499 g/mol. The Hall–Kier alpha value is -3.64. The van der Waals surface area contributed by atoms with Crippen molar-refractivity contribution in [3.8, 4) is 5.69 Å². The average Bonchev–Trinajstić information content (AvgIpc) is 3.35. The highest BCUT2D eigenvalue weighted by molar-refractivity contribution is 6.04. The number of nitrogens with zero attached hydrogens (tertiary/aromatic N) is 4. The van der Waals surface area contributed by atoms with Crippen molar-refractivity contribution in [2.45, 2.75) is 51.2 Å². The lowest BCUT2D eigenvalue weighted by Crippen LogP contribution is -2.48. The molecule has 2 unspecified atom stereocenters. The van der Waals surface area contributed by atoms with Gasteiger partial charge >= 0.3 is 12.3 Å². The molecular weight excluding hydrogens is 474 g/mol. The zero-order valence-corrected chi connectivity index (χ0v) is 19.5. The highest BCUT2D eigenvalue weighted by Gasteiger charge is 2.43. The molecule has 1 saturated heterocycles. The zero-order chi connectivity index (χ0) is 26.3. The Morgan fingerprint density at radius 1 is 1.14 bits per heavy atom. The number of halogens is 4. The van der Waals surface area contributed by atoms with Gasteiger partial charge in [0.25, 0.3) is 5.91 Å². The van der Waals surface area contributed by atoms with E-state index in [2.05, 4.69) is 5.10 Å². The normalized spacial score (nSPS) is 18.5. The van der Waals surface area contributed by atoms with Gasteiger partial charge in [-0.2, -0.15) is 18.3 Å². The largest absolute Gasteiger partial charge is 0.444 e. The number of anilines is 1. The first-order valence-corrected chi connectivity index (χ1v) is 10.6. The molecule has 3 rings (SSSR count). The maximum absolute atomic E-state index is 14.2. The molecule has 2 aromatic rings. The van der Waals surface area contributed by atoms with E-state index in [1.54, 1.807) is 20.8 Å². The average molecular weight is 499 g/mol. The van der Waals surface area contributed by atoms with Gasteiger partial charge in [-0.1, -0.05) is 0 Å². The maximum atomic E-state index is 14.2. The third kappa shape index (κ3) is 5.72. The molecule has 1 aliphatic rings. The fourth-order valence-electron chi connectivity index (χ4n) is 3.60. The summed E-state index contributed by atoms with van der Waals surface area (Å²) in [6, 6.07) is 2.75. The second-order valence-electron chi connectivity index (χ2n) is 9.10. The van der Waals surface area contributed by atoms with Gasteiger partial charge in [-0.3, -0.25) is 14.5 Å². The Morgan fingerprint density at radius 3 is 2.26 bits per heavy atom. The smallest absolute Gasteiger partial charge is 0.416 e. The Labute approximate surface area is 198 Å². The Morgan fingerprint density at radius 2 is 1.74 bits per heavy atom. The molecule has 0 radical (unpaired) electrons. The molecule has 3 amide bonds. The minimum Gasteiger partial charge on any atom is -0.444 e. The van der Waals surface area contributed by atoms with Crippen LogP contribution in [-0.4, -0.2) is 64.0 Å². The van der Waals surface area contributed by atoms with Crippen LogP contribution in [0.25, 0.3) is 5.69 Å². The van der Waals surface area contributed by atoms with E-state index in [1.165, 1.54) is 13.2 Å². The molecule has 9 nitrogen and oxygen atoms in total. The van der Waals surface area contributed by atoms with Crippen LogP contribution in [0.3, 0.4) is 0 Å². The standard InChI is InChI=1S/C22H25F4N5O4/c1-21(2,3)35-20(34)30-10-13(23)9-15(30)19(33)29(4)16-11-31(28-17(16)18(27)32)14-7-5-12(6-8-14)22(24,25)26/h5-8,11,13,15H,9-10H2,1-4H3,(H2,27,32). The summed E-state index contributed by atoms with van der Waals surface area (Å²) in [4.78, 5) is 39.8. The maximum Gasteiger partial charge on any atom is 0.416 e. The number of likely N-dealkylation sites (tertiary alicyclic amines) is 1. The van der Waals surface area contributed by atoms with Crippen LogP contribution in [0.1, 0.15) is 43.2 Å². The Bertz CT molecular complexity index is 1120. The molecule has 2 N–H and O–H groups in total. The van der Waals surface area contributed by atoms with Crippen molar-refractivity contribution < 1.29 is 36.7 Å². The quantitative estimate of drug-likeness (QED) is 0.649. The van der Waals surface area contributed by atoms with Crippen molar-refractivity contribution in [3.63, 3.8) is 0 Å². The van der Waals surface area contributed by atoms with Crippen molar-refractivity contribution in [2.75, 3.05) is 18.5 Å². The molecule has 0 aliphatic carbocycles. The van der Waals surface area contributed by atoms with Gasteiger partial charge in [-0.15, -0.1) is 0 Å². The third-order valence-electron chi connectivity index (χ3n) is 5.24. The number of hydrogen-bond acceptors (Lipinski definition) is 5. The molecule has 1 aliphatic heterocycles. The number of primary amides is 1. The van der Waals surface area contributed by atoms with E-state index in [9.17, 15) is 31.9 Å². The van der Waals surface area contributed by atoms with Crippen molar-refractivity contribution >= 4 is 23.6 Å². The number of rotatable bonds is 4. The molecule has 1 aromatic heterocycles. The number of carbonyl (C=O) groups is 3. The van der Waals surface area contributed by atoms with Crippen LogP contribution >= 0.6 is 0 Å². The molecule has 1 fully saturated rings. The molecule has 190 valence electrons. The summed E-state index contributed by atoms with van der Waals surface area (Å²) >= 11 is 0. The number of hydrogen-bond donors (Lipinski definition) is 1. The summed E-state index contributed by atoms with van der Waals surface area (Å²) in [7, 11) is 1.29. The number of aromatic nitrogens is 2. The number of carbonyl (C=O) groups excluding carboxylic acids is 3. The molecule has 0 saturated carbocycles. The molecule has 1 aromatic carbocycles. The number of nitrogens with two attached hydrogens (primary N) is 1. The van der Waals surface area contributed by atoms with Crippen molar-refractivity contribution in [2.24, 2.45) is 5.73 Å². The molecule has 0 bridgehead atoms. The van der Waals surface area contributed by atoms with E-state index in [-0.39, 0.29) is 30.0 Å². The first-order chi connectivity index (χ1) is 16.1. The van der Waals surface area contributed by atoms with Gasteiger partial charge in [0.2, 0.25) is 5.91 Å². The predicted molar refractivity (Wildman–Crippen MR) is 117 cm³/mol. The highest BCUT2D eigenvalue weighted by Crippen LogP contribution is 2.31. The first kappa shape index (κ1) is 26.0. The van der Waals surface area contributed by atoms with Crippen LogP contribution in [0.5, 0.6) is 0 Å². The summed E-state index contributed by atoms with van der Waals surface area (Å²) in [5.41, 5.74) is 3.44. The lowest BCUT2D eigenvalue weighted by Gasteiger charge is -2.29. The lowest BCUT2D eigenvalue weighted by molar-refractivity contribution is -0.137. The minimum atomic E-state index is -4.53. The summed E-state index contributed by atoms with van der Waals surface area (Å²) in [6.07, 6.45) is -5.90. The third-order valence-corrected chi connectivity index (χ3v) is 5.24. The minimum absolute atomic E-state index is 0.0613. The Balaban J connectivity index is 1.91. The summed E-state index contributed by atoms with van der Waals surface area (Å²) in [6.45, 7) is 4.55. The van der Waals surface area contributed by atoms with E-state index >= 15 is 0 Å². The highest BCUT2D eigenvalue weighted by atomic mass is 19.4. The summed E-state index contributed by atoms with van der Waals surface area (Å²) < 4.78 is 59.1. The predicted octanol–water partition coefficient (Wildman–Crippen LogP) is 3.30. The van der Waals surface area contributed by atoms with Crippen LogP contribution in [0.4, 0.5) is 28.0 Å². The van der Waals surface area contributed by atoms with Crippen LogP contribution in [-0.2, 0) is 15.7 Å².